The van der Waals surface area contributed by atoms with E-state index in [1.165, 1.54) is 4.90 Å². The maximum atomic E-state index is 12.1. The molecule has 0 fully saturated rings. The van der Waals surface area contributed by atoms with Gasteiger partial charge in [-0.25, -0.2) is 0 Å². The average Bonchev–Trinajstić information content (AvgIpc) is 2.83. The Hall–Kier alpha value is -2.14. The number of aliphatic hydroxyl groups is 1. The lowest BCUT2D eigenvalue weighted by Gasteiger charge is -2.19. The van der Waals surface area contributed by atoms with Gasteiger partial charge in [0, 0.05) is 13.1 Å². The normalized spacial score (nSPS) is 12.2. The Morgan fingerprint density at radius 1 is 1.42 bits per heavy atom. The first-order chi connectivity index (χ1) is 9.08. The summed E-state index contributed by atoms with van der Waals surface area (Å²) in [6.07, 6.45) is -1.15. The van der Waals surface area contributed by atoms with Gasteiger partial charge in [-0.15, -0.1) is 0 Å². The first kappa shape index (κ1) is 13.3. The maximum absolute atomic E-state index is 12.1. The topological polar surface area (TPSA) is 66.6 Å². The summed E-state index contributed by atoms with van der Waals surface area (Å²) in [5, 5.41) is 13.8. The summed E-state index contributed by atoms with van der Waals surface area (Å²) in [6, 6.07) is 10.6. The van der Waals surface area contributed by atoms with E-state index in [1.807, 2.05) is 6.07 Å². The number of aryl methyl sites for hydroxylation is 1. The van der Waals surface area contributed by atoms with Crippen molar-refractivity contribution >= 4 is 5.91 Å². The lowest BCUT2D eigenvalue weighted by molar-refractivity contribution is -0.139. The number of carbonyl (C=O) groups excluding carboxylic acids is 1. The molecule has 0 aliphatic carbocycles. The van der Waals surface area contributed by atoms with E-state index in [0.29, 0.717) is 23.6 Å². The standard InChI is InChI=1S/C14H16N2O3/c1-10-8-12(15-19-10)9-16(2)14(18)13(17)11-6-4-3-5-7-11/h3-8,13,17H,9H2,1-2H3. The van der Waals surface area contributed by atoms with Crippen molar-refractivity contribution in [3.05, 3.63) is 53.4 Å². The number of nitrogens with zero attached hydrogens (tertiary/aromatic N) is 2. The van der Waals surface area contributed by atoms with Gasteiger partial charge < -0.3 is 14.5 Å². The summed E-state index contributed by atoms with van der Waals surface area (Å²) in [7, 11) is 1.62. The fourth-order valence-electron chi connectivity index (χ4n) is 1.80. The number of aromatic nitrogens is 1. The third-order valence-electron chi connectivity index (χ3n) is 2.80. The molecule has 1 aromatic carbocycles. The number of rotatable bonds is 4. The molecular weight excluding hydrogens is 244 g/mol. The Labute approximate surface area is 111 Å². The highest BCUT2D eigenvalue weighted by Crippen LogP contribution is 2.16. The lowest BCUT2D eigenvalue weighted by Crippen LogP contribution is -2.31. The first-order valence-corrected chi connectivity index (χ1v) is 5.98. The van der Waals surface area contributed by atoms with Gasteiger partial charge in [0.25, 0.3) is 5.91 Å². The Morgan fingerprint density at radius 2 is 2.11 bits per heavy atom. The minimum atomic E-state index is -1.15. The third-order valence-corrected chi connectivity index (χ3v) is 2.80. The van der Waals surface area contributed by atoms with Crippen LogP contribution in [-0.2, 0) is 11.3 Å². The lowest BCUT2D eigenvalue weighted by atomic mass is 10.1. The monoisotopic (exact) mass is 260 g/mol. The predicted molar refractivity (Wildman–Crippen MR) is 69.1 cm³/mol. The van der Waals surface area contributed by atoms with Crippen LogP contribution in [0.5, 0.6) is 0 Å². The van der Waals surface area contributed by atoms with E-state index in [-0.39, 0.29) is 5.91 Å². The molecule has 100 valence electrons. The predicted octanol–water partition coefficient (Wildman–Crippen LogP) is 1.68. The van der Waals surface area contributed by atoms with Crippen LogP contribution in [0.25, 0.3) is 0 Å². The van der Waals surface area contributed by atoms with Crippen LogP contribution in [0, 0.1) is 6.92 Å². The SMILES string of the molecule is Cc1cc(CN(C)C(=O)C(O)c2ccccc2)no1. The highest BCUT2D eigenvalue weighted by molar-refractivity contribution is 5.81. The number of aliphatic hydroxyl groups excluding tert-OH is 1. The summed E-state index contributed by atoms with van der Waals surface area (Å²) in [5.41, 5.74) is 1.24. The van der Waals surface area contributed by atoms with Gasteiger partial charge in [0.1, 0.15) is 11.5 Å². The van der Waals surface area contributed by atoms with E-state index >= 15 is 0 Å². The molecule has 1 N–H and O–H groups in total. The van der Waals surface area contributed by atoms with Gasteiger partial charge in [-0.1, -0.05) is 35.5 Å². The molecule has 19 heavy (non-hydrogen) atoms. The zero-order valence-electron chi connectivity index (χ0n) is 10.9. The van der Waals surface area contributed by atoms with Crippen molar-refractivity contribution in [2.24, 2.45) is 0 Å². The molecule has 1 amide bonds. The molecule has 5 nitrogen and oxygen atoms in total. The van der Waals surface area contributed by atoms with Crippen LogP contribution < -0.4 is 0 Å². The summed E-state index contributed by atoms with van der Waals surface area (Å²) in [6.45, 7) is 2.09. The van der Waals surface area contributed by atoms with Crippen molar-refractivity contribution < 1.29 is 14.4 Å². The Morgan fingerprint density at radius 3 is 2.68 bits per heavy atom. The molecule has 0 spiro atoms. The molecule has 2 aromatic rings. The van der Waals surface area contributed by atoms with Crippen molar-refractivity contribution in [3.8, 4) is 0 Å². The fraction of sp³-hybridized carbons (Fsp3) is 0.286. The van der Waals surface area contributed by atoms with Crippen LogP contribution in [0.4, 0.5) is 0 Å². The largest absolute Gasteiger partial charge is 0.378 e. The minimum Gasteiger partial charge on any atom is -0.378 e. The van der Waals surface area contributed by atoms with Crippen LogP contribution in [0.15, 0.2) is 40.9 Å². The molecule has 1 aromatic heterocycles. The number of carbonyl (C=O) groups is 1. The number of hydrogen-bond acceptors (Lipinski definition) is 4. The van der Waals surface area contributed by atoms with Crippen LogP contribution in [-0.4, -0.2) is 28.1 Å². The second kappa shape index (κ2) is 5.67. The van der Waals surface area contributed by atoms with Gasteiger partial charge in [-0.05, 0) is 12.5 Å². The summed E-state index contributed by atoms with van der Waals surface area (Å²) in [4.78, 5) is 13.5. The molecule has 0 saturated heterocycles. The highest BCUT2D eigenvalue weighted by Gasteiger charge is 2.21. The molecule has 1 heterocycles. The second-order valence-electron chi connectivity index (χ2n) is 4.44. The second-order valence-corrected chi connectivity index (χ2v) is 4.44. The number of amides is 1. The molecule has 0 aliphatic rings. The van der Waals surface area contributed by atoms with Crippen molar-refractivity contribution in [1.82, 2.24) is 10.1 Å². The van der Waals surface area contributed by atoms with E-state index in [9.17, 15) is 9.90 Å². The van der Waals surface area contributed by atoms with E-state index in [4.69, 9.17) is 4.52 Å². The summed E-state index contributed by atoms with van der Waals surface area (Å²) >= 11 is 0. The fourth-order valence-corrected chi connectivity index (χ4v) is 1.80. The highest BCUT2D eigenvalue weighted by atomic mass is 16.5. The molecule has 0 saturated carbocycles. The molecule has 1 atom stereocenters. The minimum absolute atomic E-state index is 0.306. The van der Waals surface area contributed by atoms with E-state index in [2.05, 4.69) is 5.16 Å². The number of hydrogen-bond donors (Lipinski definition) is 1. The molecule has 2 rings (SSSR count). The van der Waals surface area contributed by atoms with Crippen LogP contribution in [0.2, 0.25) is 0 Å². The van der Waals surface area contributed by atoms with Gasteiger partial charge in [0.2, 0.25) is 0 Å². The van der Waals surface area contributed by atoms with Crippen molar-refractivity contribution in [3.63, 3.8) is 0 Å². The Kier molecular flexibility index (Phi) is 3.97. The number of benzene rings is 1. The smallest absolute Gasteiger partial charge is 0.256 e. The van der Waals surface area contributed by atoms with Gasteiger partial charge in [-0.3, -0.25) is 4.79 Å². The Balaban J connectivity index is 2.03. The summed E-state index contributed by atoms with van der Waals surface area (Å²) in [5.74, 6) is 0.325. The first-order valence-electron chi connectivity index (χ1n) is 5.98. The third kappa shape index (κ3) is 3.20. The molecular formula is C14H16N2O3. The Bertz CT molecular complexity index is 551. The average molecular weight is 260 g/mol. The number of likely N-dealkylation sites (N-methyl/N-ethyl adjacent to an activating group) is 1. The molecule has 5 heteroatoms. The van der Waals surface area contributed by atoms with Crippen LogP contribution >= 0.6 is 0 Å². The maximum Gasteiger partial charge on any atom is 0.256 e. The molecule has 0 radical (unpaired) electrons. The van der Waals surface area contributed by atoms with E-state index in [1.54, 1.807) is 44.3 Å². The van der Waals surface area contributed by atoms with Gasteiger partial charge in [0.15, 0.2) is 6.10 Å². The van der Waals surface area contributed by atoms with E-state index < -0.39 is 6.10 Å². The molecule has 0 aliphatic heterocycles. The zero-order chi connectivity index (χ0) is 13.8. The summed E-state index contributed by atoms with van der Waals surface area (Å²) < 4.78 is 4.94. The molecule has 1 unspecified atom stereocenters. The molecule has 0 bridgehead atoms. The van der Waals surface area contributed by atoms with Crippen LogP contribution in [0.1, 0.15) is 23.1 Å². The van der Waals surface area contributed by atoms with Crippen molar-refractivity contribution in [1.29, 1.82) is 0 Å². The quantitative estimate of drug-likeness (QED) is 0.908. The van der Waals surface area contributed by atoms with Crippen molar-refractivity contribution in [2.45, 2.75) is 19.6 Å². The van der Waals surface area contributed by atoms with Crippen molar-refractivity contribution in [2.75, 3.05) is 7.05 Å². The van der Waals surface area contributed by atoms with Gasteiger partial charge >= 0.3 is 0 Å². The zero-order valence-corrected chi connectivity index (χ0v) is 10.9. The van der Waals surface area contributed by atoms with Gasteiger partial charge in [-0.2, -0.15) is 0 Å². The van der Waals surface area contributed by atoms with E-state index in [0.717, 1.165) is 0 Å². The van der Waals surface area contributed by atoms with Crippen LogP contribution in [0.3, 0.4) is 0 Å². The van der Waals surface area contributed by atoms with Gasteiger partial charge in [0.05, 0.1) is 6.54 Å².